The van der Waals surface area contributed by atoms with Crippen molar-refractivity contribution in [1.29, 1.82) is 0 Å². The van der Waals surface area contributed by atoms with Gasteiger partial charge in [-0.1, -0.05) is 38.1 Å². The maximum atomic E-state index is 5.56. The van der Waals surface area contributed by atoms with Crippen molar-refractivity contribution in [3.63, 3.8) is 0 Å². The Labute approximate surface area is 115 Å². The first-order valence-corrected chi connectivity index (χ1v) is 6.79. The van der Waals surface area contributed by atoms with Gasteiger partial charge in [0.15, 0.2) is 0 Å². The molecule has 0 aliphatic carbocycles. The van der Waals surface area contributed by atoms with E-state index < -0.39 is 0 Å². The Bertz CT molecular complexity index is 529. The molecule has 2 heteroatoms. The van der Waals surface area contributed by atoms with E-state index in [-0.39, 0.29) is 6.10 Å². The van der Waals surface area contributed by atoms with Crippen LogP contribution in [-0.2, 0) is 0 Å². The van der Waals surface area contributed by atoms with Crippen molar-refractivity contribution >= 4 is 0 Å². The highest BCUT2D eigenvalue weighted by Crippen LogP contribution is 2.24. The van der Waals surface area contributed by atoms with Gasteiger partial charge >= 0.3 is 0 Å². The maximum Gasteiger partial charge on any atom is 0.213 e. The molecule has 0 amide bonds. The van der Waals surface area contributed by atoms with Crippen molar-refractivity contribution in [2.45, 2.75) is 39.7 Å². The van der Waals surface area contributed by atoms with Crippen LogP contribution in [0.5, 0.6) is 5.88 Å². The zero-order valence-electron chi connectivity index (χ0n) is 12.1. The molecule has 0 saturated heterocycles. The predicted molar refractivity (Wildman–Crippen MR) is 79.5 cm³/mol. The summed E-state index contributed by atoms with van der Waals surface area (Å²) in [6.07, 6.45) is 2.03. The molecule has 0 saturated carbocycles. The molecule has 2 nitrogen and oxygen atoms in total. The summed E-state index contributed by atoms with van der Waals surface area (Å²) in [6, 6.07) is 12.6. The standard InChI is InChI=1S/C17H21NO/c1-12(2)14-6-5-7-15(10-14)16-8-9-17(18-11-16)19-13(3)4/h5-13H,1-4H3. The number of ether oxygens (including phenoxy) is 1. The minimum atomic E-state index is 0.155. The van der Waals surface area contributed by atoms with E-state index >= 15 is 0 Å². The summed E-state index contributed by atoms with van der Waals surface area (Å²) < 4.78 is 5.56. The van der Waals surface area contributed by atoms with Gasteiger partial charge in [0.1, 0.15) is 0 Å². The lowest BCUT2D eigenvalue weighted by Gasteiger charge is -2.10. The summed E-state index contributed by atoms with van der Waals surface area (Å²) in [4.78, 5) is 4.35. The molecule has 1 heterocycles. The molecule has 0 radical (unpaired) electrons. The van der Waals surface area contributed by atoms with Crippen molar-refractivity contribution in [1.82, 2.24) is 4.98 Å². The highest BCUT2D eigenvalue weighted by Gasteiger charge is 2.04. The van der Waals surface area contributed by atoms with E-state index in [1.54, 1.807) is 0 Å². The maximum absolute atomic E-state index is 5.56. The summed E-state index contributed by atoms with van der Waals surface area (Å²) in [5.41, 5.74) is 3.67. The summed E-state index contributed by atoms with van der Waals surface area (Å²) in [7, 11) is 0. The van der Waals surface area contributed by atoms with Crippen molar-refractivity contribution < 1.29 is 4.74 Å². The number of aromatic nitrogens is 1. The van der Waals surface area contributed by atoms with Crippen LogP contribution in [0.15, 0.2) is 42.6 Å². The first kappa shape index (κ1) is 13.6. The minimum Gasteiger partial charge on any atom is -0.475 e. The molecule has 0 bridgehead atoms. The van der Waals surface area contributed by atoms with Gasteiger partial charge in [0, 0.05) is 17.8 Å². The molecule has 0 N–H and O–H groups in total. The van der Waals surface area contributed by atoms with E-state index in [1.807, 2.05) is 26.1 Å². The van der Waals surface area contributed by atoms with Gasteiger partial charge in [-0.05, 0) is 37.0 Å². The van der Waals surface area contributed by atoms with Crippen LogP contribution in [0.25, 0.3) is 11.1 Å². The van der Waals surface area contributed by atoms with Crippen LogP contribution in [-0.4, -0.2) is 11.1 Å². The summed E-state index contributed by atoms with van der Waals surface area (Å²) in [5.74, 6) is 1.22. The molecule has 2 aromatic rings. The predicted octanol–water partition coefficient (Wildman–Crippen LogP) is 4.66. The molecule has 0 spiro atoms. The average molecular weight is 255 g/mol. The van der Waals surface area contributed by atoms with Crippen LogP contribution >= 0.6 is 0 Å². The Balaban J connectivity index is 2.24. The Kier molecular flexibility index (Phi) is 4.20. The zero-order chi connectivity index (χ0) is 13.8. The van der Waals surface area contributed by atoms with E-state index in [2.05, 4.69) is 49.2 Å². The fraction of sp³-hybridized carbons (Fsp3) is 0.353. The van der Waals surface area contributed by atoms with Gasteiger partial charge in [0.25, 0.3) is 0 Å². The molecule has 0 aliphatic rings. The minimum absolute atomic E-state index is 0.155. The Morgan fingerprint density at radius 3 is 2.32 bits per heavy atom. The van der Waals surface area contributed by atoms with Gasteiger partial charge in [0.05, 0.1) is 6.10 Å². The Morgan fingerprint density at radius 2 is 1.74 bits per heavy atom. The molecule has 100 valence electrons. The molecule has 0 fully saturated rings. The summed E-state index contributed by atoms with van der Waals surface area (Å²) in [6.45, 7) is 8.41. The number of rotatable bonds is 4. The fourth-order valence-corrected chi connectivity index (χ4v) is 1.94. The van der Waals surface area contributed by atoms with Crippen molar-refractivity contribution in [3.8, 4) is 17.0 Å². The van der Waals surface area contributed by atoms with E-state index in [0.717, 1.165) is 5.56 Å². The number of hydrogen-bond donors (Lipinski definition) is 0. The molecular formula is C17H21NO. The molecule has 0 aliphatic heterocycles. The van der Waals surface area contributed by atoms with Crippen LogP contribution in [0.4, 0.5) is 0 Å². The molecule has 2 rings (SSSR count). The van der Waals surface area contributed by atoms with Crippen LogP contribution in [0.2, 0.25) is 0 Å². The highest BCUT2D eigenvalue weighted by molar-refractivity contribution is 5.63. The second kappa shape index (κ2) is 5.87. The van der Waals surface area contributed by atoms with Crippen LogP contribution < -0.4 is 4.74 Å². The van der Waals surface area contributed by atoms with Crippen LogP contribution in [0.1, 0.15) is 39.2 Å². The Hall–Kier alpha value is -1.83. The number of hydrogen-bond acceptors (Lipinski definition) is 2. The quantitative estimate of drug-likeness (QED) is 0.792. The second-order valence-corrected chi connectivity index (χ2v) is 5.33. The summed E-state index contributed by atoms with van der Waals surface area (Å²) in [5, 5.41) is 0. The topological polar surface area (TPSA) is 22.1 Å². The van der Waals surface area contributed by atoms with Gasteiger partial charge < -0.3 is 4.74 Å². The molecule has 19 heavy (non-hydrogen) atoms. The van der Waals surface area contributed by atoms with Gasteiger partial charge in [0.2, 0.25) is 5.88 Å². The van der Waals surface area contributed by atoms with Gasteiger partial charge in [-0.3, -0.25) is 0 Å². The molecule has 1 aromatic heterocycles. The van der Waals surface area contributed by atoms with Gasteiger partial charge in [-0.15, -0.1) is 0 Å². The lowest BCUT2D eigenvalue weighted by molar-refractivity contribution is 0.232. The number of benzene rings is 1. The van der Waals surface area contributed by atoms with Crippen LogP contribution in [0.3, 0.4) is 0 Å². The van der Waals surface area contributed by atoms with Crippen molar-refractivity contribution in [3.05, 3.63) is 48.2 Å². The lowest BCUT2D eigenvalue weighted by Crippen LogP contribution is -2.06. The fourth-order valence-electron chi connectivity index (χ4n) is 1.94. The highest BCUT2D eigenvalue weighted by atomic mass is 16.5. The Morgan fingerprint density at radius 1 is 0.947 bits per heavy atom. The van der Waals surface area contributed by atoms with Crippen molar-refractivity contribution in [2.24, 2.45) is 0 Å². The molecule has 0 atom stereocenters. The SMILES string of the molecule is CC(C)Oc1ccc(-c2cccc(C(C)C)c2)cn1. The number of pyridine rings is 1. The summed E-state index contributed by atoms with van der Waals surface area (Å²) >= 11 is 0. The largest absolute Gasteiger partial charge is 0.475 e. The monoisotopic (exact) mass is 255 g/mol. The van der Waals surface area contributed by atoms with Crippen LogP contribution in [0, 0.1) is 0 Å². The van der Waals surface area contributed by atoms with E-state index in [1.165, 1.54) is 11.1 Å². The average Bonchev–Trinajstić information content (AvgIpc) is 2.39. The second-order valence-electron chi connectivity index (χ2n) is 5.33. The molecule has 1 aromatic carbocycles. The van der Waals surface area contributed by atoms with Gasteiger partial charge in [-0.2, -0.15) is 0 Å². The van der Waals surface area contributed by atoms with E-state index in [9.17, 15) is 0 Å². The molecule has 0 unspecified atom stereocenters. The third-order valence-corrected chi connectivity index (χ3v) is 2.98. The normalized spacial score (nSPS) is 11.1. The third kappa shape index (κ3) is 3.57. The third-order valence-electron chi connectivity index (χ3n) is 2.98. The number of nitrogens with zero attached hydrogens (tertiary/aromatic N) is 1. The first-order chi connectivity index (χ1) is 9.06. The lowest BCUT2D eigenvalue weighted by atomic mass is 9.98. The van der Waals surface area contributed by atoms with E-state index in [4.69, 9.17) is 4.74 Å². The van der Waals surface area contributed by atoms with Gasteiger partial charge in [-0.25, -0.2) is 4.98 Å². The first-order valence-electron chi connectivity index (χ1n) is 6.79. The molecular weight excluding hydrogens is 234 g/mol. The van der Waals surface area contributed by atoms with E-state index in [0.29, 0.717) is 11.8 Å². The van der Waals surface area contributed by atoms with Crippen molar-refractivity contribution in [2.75, 3.05) is 0 Å². The smallest absolute Gasteiger partial charge is 0.213 e. The zero-order valence-corrected chi connectivity index (χ0v) is 12.1.